The Labute approximate surface area is 159 Å². The molecule has 5 nitrogen and oxygen atoms in total. The molecule has 1 aromatic heterocycles. The maximum atomic E-state index is 12.2. The highest BCUT2D eigenvalue weighted by atomic mass is 35.5. The van der Waals surface area contributed by atoms with E-state index in [4.69, 9.17) is 16.3 Å². The number of carbonyl (C=O) groups excluding carboxylic acids is 2. The molecule has 0 radical (unpaired) electrons. The Morgan fingerprint density at radius 1 is 1.27 bits per heavy atom. The number of hydrogen-bond acceptors (Lipinski definition) is 3. The van der Waals surface area contributed by atoms with Crippen molar-refractivity contribution in [1.82, 2.24) is 9.88 Å². The summed E-state index contributed by atoms with van der Waals surface area (Å²) in [6.07, 6.45) is 0.931. The van der Waals surface area contributed by atoms with Gasteiger partial charge in [-0.15, -0.1) is 0 Å². The molecule has 0 saturated carbocycles. The number of ether oxygens (including phenoxy) is 1. The summed E-state index contributed by atoms with van der Waals surface area (Å²) < 4.78 is 6.97. The normalized spacial score (nSPS) is 10.7. The standard InChI is InChI=1S/C20H25ClN2O3/c1-5-26-20(25)19-13(2)17(14(3)23(19)4)9-10-18(24)22-12-15-7-6-8-16(21)11-15/h6-8,11H,5,9-10,12H2,1-4H3,(H,22,24). The average Bonchev–Trinajstić information content (AvgIpc) is 2.81. The molecule has 0 aliphatic carbocycles. The predicted octanol–water partition coefficient (Wildman–Crippen LogP) is 3.72. The van der Waals surface area contributed by atoms with E-state index in [9.17, 15) is 9.59 Å². The van der Waals surface area contributed by atoms with Gasteiger partial charge >= 0.3 is 5.97 Å². The molecular formula is C20H25ClN2O3. The molecule has 0 aliphatic rings. The number of halogens is 1. The van der Waals surface area contributed by atoms with Gasteiger partial charge in [0.15, 0.2) is 0 Å². The number of amides is 1. The van der Waals surface area contributed by atoms with E-state index in [1.807, 2.05) is 43.7 Å². The van der Waals surface area contributed by atoms with Gasteiger partial charge in [0, 0.05) is 30.7 Å². The summed E-state index contributed by atoms with van der Waals surface area (Å²) in [6, 6.07) is 7.41. The molecular weight excluding hydrogens is 352 g/mol. The Hall–Kier alpha value is -2.27. The number of hydrogen-bond donors (Lipinski definition) is 1. The molecule has 2 rings (SSSR count). The van der Waals surface area contributed by atoms with Gasteiger partial charge in [-0.3, -0.25) is 4.79 Å². The molecule has 0 bridgehead atoms. The second kappa shape index (κ2) is 8.90. The lowest BCUT2D eigenvalue weighted by molar-refractivity contribution is -0.121. The zero-order valence-electron chi connectivity index (χ0n) is 15.7. The Morgan fingerprint density at radius 3 is 2.65 bits per heavy atom. The van der Waals surface area contributed by atoms with Crippen molar-refractivity contribution in [2.75, 3.05) is 6.61 Å². The zero-order valence-corrected chi connectivity index (χ0v) is 16.4. The molecule has 0 spiro atoms. The molecule has 6 heteroatoms. The summed E-state index contributed by atoms with van der Waals surface area (Å²) in [5, 5.41) is 3.56. The molecule has 2 aromatic rings. The van der Waals surface area contributed by atoms with E-state index in [2.05, 4.69) is 5.32 Å². The van der Waals surface area contributed by atoms with Crippen LogP contribution in [0.2, 0.25) is 5.02 Å². The summed E-state index contributed by atoms with van der Waals surface area (Å²) in [5.74, 6) is -0.363. The van der Waals surface area contributed by atoms with Gasteiger partial charge in [0.2, 0.25) is 5.91 Å². The van der Waals surface area contributed by atoms with Gasteiger partial charge in [-0.1, -0.05) is 23.7 Å². The van der Waals surface area contributed by atoms with Crippen LogP contribution < -0.4 is 5.32 Å². The first-order chi connectivity index (χ1) is 12.3. The predicted molar refractivity (Wildman–Crippen MR) is 102 cm³/mol. The smallest absolute Gasteiger partial charge is 0.355 e. The maximum absolute atomic E-state index is 12.2. The van der Waals surface area contributed by atoms with Gasteiger partial charge in [0.1, 0.15) is 5.69 Å². The molecule has 0 fully saturated rings. The largest absolute Gasteiger partial charge is 0.461 e. The number of aromatic nitrogens is 1. The van der Waals surface area contributed by atoms with Crippen LogP contribution in [-0.2, 0) is 29.5 Å². The van der Waals surface area contributed by atoms with Crippen molar-refractivity contribution in [3.8, 4) is 0 Å². The maximum Gasteiger partial charge on any atom is 0.355 e. The fourth-order valence-corrected chi connectivity index (χ4v) is 3.28. The van der Waals surface area contributed by atoms with Crippen molar-refractivity contribution in [2.24, 2.45) is 7.05 Å². The lowest BCUT2D eigenvalue weighted by Gasteiger charge is -2.07. The zero-order chi connectivity index (χ0) is 19.3. The van der Waals surface area contributed by atoms with Gasteiger partial charge in [-0.2, -0.15) is 0 Å². The van der Waals surface area contributed by atoms with E-state index in [0.29, 0.717) is 36.7 Å². The molecule has 0 atom stereocenters. The SMILES string of the molecule is CCOC(=O)c1c(C)c(CCC(=O)NCc2cccc(Cl)c2)c(C)n1C. The Bertz CT molecular complexity index is 812. The van der Waals surface area contributed by atoms with E-state index in [1.165, 1.54) is 0 Å². The summed E-state index contributed by atoms with van der Waals surface area (Å²) in [6.45, 7) is 6.42. The van der Waals surface area contributed by atoms with Gasteiger partial charge < -0.3 is 14.6 Å². The number of carbonyl (C=O) groups is 2. The van der Waals surface area contributed by atoms with E-state index < -0.39 is 0 Å². The van der Waals surface area contributed by atoms with E-state index in [0.717, 1.165) is 22.4 Å². The third kappa shape index (κ3) is 4.67. The van der Waals surface area contributed by atoms with Crippen molar-refractivity contribution in [3.63, 3.8) is 0 Å². The van der Waals surface area contributed by atoms with Gasteiger partial charge in [0.25, 0.3) is 0 Å². The quantitative estimate of drug-likeness (QED) is 0.749. The minimum absolute atomic E-state index is 0.0367. The second-order valence-corrected chi connectivity index (χ2v) is 6.66. The van der Waals surface area contributed by atoms with Crippen molar-refractivity contribution in [3.05, 3.63) is 57.4 Å². The highest BCUT2D eigenvalue weighted by Gasteiger charge is 2.21. The first-order valence-corrected chi connectivity index (χ1v) is 9.06. The first kappa shape index (κ1) is 20.0. The third-order valence-corrected chi connectivity index (χ3v) is 4.77. The van der Waals surface area contributed by atoms with Gasteiger partial charge in [-0.05, 0) is 56.0 Å². The number of benzene rings is 1. The topological polar surface area (TPSA) is 60.3 Å². The van der Waals surface area contributed by atoms with Crippen molar-refractivity contribution < 1.29 is 14.3 Å². The van der Waals surface area contributed by atoms with Crippen LogP contribution in [0.5, 0.6) is 0 Å². The fourth-order valence-electron chi connectivity index (χ4n) is 3.07. The van der Waals surface area contributed by atoms with Crippen LogP contribution in [0.3, 0.4) is 0 Å². The Balaban J connectivity index is 1.99. The summed E-state index contributed by atoms with van der Waals surface area (Å²) in [7, 11) is 1.84. The summed E-state index contributed by atoms with van der Waals surface area (Å²) >= 11 is 5.95. The monoisotopic (exact) mass is 376 g/mol. The molecule has 0 aliphatic heterocycles. The van der Waals surface area contributed by atoms with E-state index in [-0.39, 0.29) is 11.9 Å². The fraction of sp³-hybridized carbons (Fsp3) is 0.400. The average molecular weight is 377 g/mol. The molecule has 0 saturated heterocycles. The second-order valence-electron chi connectivity index (χ2n) is 6.22. The van der Waals surface area contributed by atoms with Crippen molar-refractivity contribution in [2.45, 2.75) is 40.2 Å². The third-order valence-electron chi connectivity index (χ3n) is 4.53. The molecule has 0 unspecified atom stereocenters. The van der Waals surface area contributed by atoms with Crippen LogP contribution >= 0.6 is 11.6 Å². The number of nitrogens with zero attached hydrogens (tertiary/aromatic N) is 1. The van der Waals surface area contributed by atoms with Crippen molar-refractivity contribution in [1.29, 1.82) is 0 Å². The van der Waals surface area contributed by atoms with Crippen molar-refractivity contribution >= 4 is 23.5 Å². The highest BCUT2D eigenvalue weighted by Crippen LogP contribution is 2.23. The summed E-state index contributed by atoms with van der Waals surface area (Å²) in [4.78, 5) is 24.3. The number of esters is 1. The number of rotatable bonds is 7. The molecule has 1 heterocycles. The molecule has 1 N–H and O–H groups in total. The lowest BCUT2D eigenvalue weighted by atomic mass is 10.0. The molecule has 140 valence electrons. The first-order valence-electron chi connectivity index (χ1n) is 8.68. The van der Waals surface area contributed by atoms with E-state index >= 15 is 0 Å². The minimum atomic E-state index is -0.327. The van der Waals surface area contributed by atoms with Crippen LogP contribution in [0.4, 0.5) is 0 Å². The molecule has 1 aromatic carbocycles. The lowest BCUT2D eigenvalue weighted by Crippen LogP contribution is -2.23. The van der Waals surface area contributed by atoms with E-state index in [1.54, 1.807) is 13.0 Å². The molecule has 26 heavy (non-hydrogen) atoms. The minimum Gasteiger partial charge on any atom is -0.461 e. The Morgan fingerprint density at radius 2 is 2.00 bits per heavy atom. The van der Waals surface area contributed by atoms with Gasteiger partial charge in [-0.25, -0.2) is 4.79 Å². The van der Waals surface area contributed by atoms with Crippen LogP contribution in [0.25, 0.3) is 0 Å². The van der Waals surface area contributed by atoms with Crippen LogP contribution in [0.1, 0.15) is 46.2 Å². The Kier molecular flexibility index (Phi) is 6.86. The van der Waals surface area contributed by atoms with Crippen LogP contribution in [0.15, 0.2) is 24.3 Å². The van der Waals surface area contributed by atoms with Gasteiger partial charge in [0.05, 0.1) is 6.61 Å². The molecule has 1 amide bonds. The highest BCUT2D eigenvalue weighted by molar-refractivity contribution is 6.30. The number of nitrogens with one attached hydrogen (secondary N) is 1. The van der Waals surface area contributed by atoms with Crippen LogP contribution in [-0.4, -0.2) is 23.1 Å². The van der Waals surface area contributed by atoms with Crippen LogP contribution in [0, 0.1) is 13.8 Å². The summed E-state index contributed by atoms with van der Waals surface area (Å²) in [5.41, 5.74) is 4.40.